The fraction of sp³-hybridized carbons (Fsp3) is 0.960. The van der Waals surface area contributed by atoms with E-state index in [2.05, 4.69) is 20.8 Å². The quantitative estimate of drug-likeness (QED) is 0.630. The number of ether oxygens (including phenoxy) is 2. The monoisotopic (exact) mass is 388 g/mol. The lowest BCUT2D eigenvalue weighted by atomic mass is 9.42. The first-order valence-corrected chi connectivity index (χ1v) is 12.2. The summed E-state index contributed by atoms with van der Waals surface area (Å²) in [5.74, 6) is 5.33. The summed E-state index contributed by atoms with van der Waals surface area (Å²) >= 11 is 0. The molecule has 5 aliphatic rings. The first-order chi connectivity index (χ1) is 13.5. The minimum absolute atomic E-state index is 0.0549. The smallest absolute Gasteiger partial charge is 0.158 e. The fourth-order valence-electron chi connectivity index (χ4n) is 9.01. The van der Waals surface area contributed by atoms with Crippen molar-refractivity contribution in [3.63, 3.8) is 0 Å². The van der Waals surface area contributed by atoms with Gasteiger partial charge in [-0.3, -0.25) is 4.79 Å². The van der Waals surface area contributed by atoms with Crippen molar-refractivity contribution >= 4 is 5.78 Å². The van der Waals surface area contributed by atoms with E-state index in [1.54, 1.807) is 0 Å². The Kier molecular flexibility index (Phi) is 4.94. The zero-order valence-electron chi connectivity index (χ0n) is 18.3. The molecule has 0 N–H and O–H groups in total. The van der Waals surface area contributed by atoms with Crippen LogP contribution in [0.3, 0.4) is 0 Å². The second-order valence-corrected chi connectivity index (χ2v) is 11.4. The molecule has 4 aliphatic carbocycles. The van der Waals surface area contributed by atoms with Crippen LogP contribution in [-0.2, 0) is 14.3 Å². The van der Waals surface area contributed by atoms with Crippen LogP contribution in [0.25, 0.3) is 0 Å². The van der Waals surface area contributed by atoms with Crippen LogP contribution in [0.5, 0.6) is 0 Å². The van der Waals surface area contributed by atoms with Gasteiger partial charge in [0.25, 0.3) is 0 Å². The molecule has 0 aromatic carbocycles. The molecule has 8 atom stereocenters. The minimum Gasteiger partial charge on any atom is -0.350 e. The number of rotatable bonds is 3. The van der Waals surface area contributed by atoms with Crippen molar-refractivity contribution < 1.29 is 14.3 Å². The predicted molar refractivity (Wildman–Crippen MR) is 110 cm³/mol. The summed E-state index contributed by atoms with van der Waals surface area (Å²) in [5.41, 5.74) is 0.886. The molecule has 1 heterocycles. The number of carbonyl (C=O) groups is 1. The maximum absolute atomic E-state index is 12.3. The van der Waals surface area contributed by atoms with Gasteiger partial charge in [0.15, 0.2) is 6.29 Å². The van der Waals surface area contributed by atoms with Gasteiger partial charge in [0.2, 0.25) is 0 Å². The van der Waals surface area contributed by atoms with Crippen LogP contribution in [0.15, 0.2) is 0 Å². The number of Topliss-reactive ketones (excluding diaryl/α,β-unsaturated/α-hetero) is 1. The van der Waals surface area contributed by atoms with Gasteiger partial charge in [0.05, 0.1) is 13.2 Å². The van der Waals surface area contributed by atoms with Gasteiger partial charge < -0.3 is 9.47 Å². The third kappa shape index (κ3) is 2.86. The summed E-state index contributed by atoms with van der Waals surface area (Å²) < 4.78 is 11.6. The molecule has 0 bridgehead atoms. The molecule has 0 aromatic heterocycles. The Bertz CT molecular complexity index is 611. The largest absolute Gasteiger partial charge is 0.350 e. The van der Waals surface area contributed by atoms with E-state index in [-0.39, 0.29) is 6.29 Å². The summed E-state index contributed by atoms with van der Waals surface area (Å²) in [4.78, 5) is 12.3. The maximum atomic E-state index is 12.3. The Balaban J connectivity index is 1.39. The van der Waals surface area contributed by atoms with E-state index in [0.29, 0.717) is 22.5 Å². The second-order valence-electron chi connectivity index (χ2n) is 11.4. The van der Waals surface area contributed by atoms with Crippen molar-refractivity contribution in [3.05, 3.63) is 0 Å². The van der Waals surface area contributed by atoms with Gasteiger partial charge in [0.1, 0.15) is 5.78 Å². The summed E-state index contributed by atoms with van der Waals surface area (Å²) in [6, 6.07) is 0. The van der Waals surface area contributed by atoms with E-state index in [9.17, 15) is 4.79 Å². The number of hydrogen-bond acceptors (Lipinski definition) is 3. The lowest BCUT2D eigenvalue weighted by Crippen LogP contribution is -2.56. The topological polar surface area (TPSA) is 35.5 Å². The van der Waals surface area contributed by atoms with Gasteiger partial charge in [-0.15, -0.1) is 0 Å². The molecule has 158 valence electrons. The van der Waals surface area contributed by atoms with Gasteiger partial charge in [-0.05, 0) is 84.9 Å². The van der Waals surface area contributed by atoms with E-state index < -0.39 is 0 Å². The van der Waals surface area contributed by atoms with E-state index in [4.69, 9.17) is 9.47 Å². The molecule has 0 amide bonds. The first-order valence-electron chi connectivity index (χ1n) is 12.2. The molecule has 5 unspecified atom stereocenters. The Hall–Kier alpha value is -0.410. The van der Waals surface area contributed by atoms with Gasteiger partial charge in [-0.1, -0.05) is 27.2 Å². The highest BCUT2D eigenvalue weighted by Crippen LogP contribution is 2.69. The zero-order chi connectivity index (χ0) is 19.5. The summed E-state index contributed by atoms with van der Waals surface area (Å²) in [6.07, 6.45) is 12.2. The van der Waals surface area contributed by atoms with Crippen molar-refractivity contribution in [1.82, 2.24) is 0 Å². The van der Waals surface area contributed by atoms with Crippen molar-refractivity contribution in [2.75, 3.05) is 13.2 Å². The number of ketones is 1. The highest BCUT2D eigenvalue weighted by atomic mass is 16.7. The minimum atomic E-state index is 0.0549. The molecule has 4 saturated carbocycles. The van der Waals surface area contributed by atoms with E-state index in [1.807, 2.05) is 0 Å². The van der Waals surface area contributed by atoms with Crippen molar-refractivity contribution in [2.45, 2.75) is 91.3 Å². The Labute approximate surface area is 171 Å². The number of fused-ring (bicyclic) bond motifs is 5. The van der Waals surface area contributed by atoms with Gasteiger partial charge in [0, 0.05) is 19.3 Å². The number of carbonyl (C=O) groups excluding carboxylic acids is 1. The third-order valence-electron chi connectivity index (χ3n) is 10.6. The summed E-state index contributed by atoms with van der Waals surface area (Å²) in [6.45, 7) is 9.12. The SMILES string of the molecule is CCC1CC2C(CC[C@@]3(C)C2CC[C@@H]3CC2OCCO2)[C@@]2(C)CCC(=O)CC12. The summed E-state index contributed by atoms with van der Waals surface area (Å²) in [5, 5.41) is 0. The molecular weight excluding hydrogens is 348 g/mol. The molecule has 1 aliphatic heterocycles. The van der Waals surface area contributed by atoms with Gasteiger partial charge in [-0.25, -0.2) is 0 Å². The lowest BCUT2D eigenvalue weighted by Gasteiger charge is -2.62. The number of hydrogen-bond donors (Lipinski definition) is 0. The third-order valence-corrected chi connectivity index (χ3v) is 10.6. The van der Waals surface area contributed by atoms with Crippen LogP contribution < -0.4 is 0 Å². The van der Waals surface area contributed by atoms with Crippen LogP contribution in [0.1, 0.15) is 85.0 Å². The van der Waals surface area contributed by atoms with Gasteiger partial charge in [-0.2, -0.15) is 0 Å². The standard InChI is InChI=1S/C25H40O3/c1-4-16-13-19-20-6-5-17(14-23-27-11-12-28-23)24(20,2)10-8-21(19)25(3)9-7-18(26)15-22(16)25/h16-17,19-23H,4-15H2,1-3H3/t16?,17-,19?,20?,21?,22?,24-,25-/m1/s1. The Morgan fingerprint density at radius 2 is 1.71 bits per heavy atom. The molecule has 5 rings (SSSR count). The Morgan fingerprint density at radius 1 is 0.964 bits per heavy atom. The van der Waals surface area contributed by atoms with Crippen LogP contribution in [0, 0.1) is 46.3 Å². The zero-order valence-corrected chi connectivity index (χ0v) is 18.3. The van der Waals surface area contributed by atoms with Crippen molar-refractivity contribution in [2.24, 2.45) is 46.3 Å². The fourth-order valence-corrected chi connectivity index (χ4v) is 9.01. The molecule has 5 fully saturated rings. The molecular formula is C25H40O3. The molecule has 0 aromatic rings. The molecule has 3 nitrogen and oxygen atoms in total. The van der Waals surface area contributed by atoms with Crippen LogP contribution in [-0.4, -0.2) is 25.3 Å². The van der Waals surface area contributed by atoms with Crippen molar-refractivity contribution in [1.29, 1.82) is 0 Å². The van der Waals surface area contributed by atoms with Crippen LogP contribution in [0.4, 0.5) is 0 Å². The average molecular weight is 389 g/mol. The Morgan fingerprint density at radius 3 is 2.46 bits per heavy atom. The second kappa shape index (κ2) is 7.08. The molecule has 3 heteroatoms. The normalized spacial score (nSPS) is 51.6. The molecule has 0 spiro atoms. The first kappa shape index (κ1) is 19.5. The molecule has 1 saturated heterocycles. The summed E-state index contributed by atoms with van der Waals surface area (Å²) in [7, 11) is 0. The average Bonchev–Trinajstić information content (AvgIpc) is 3.30. The van der Waals surface area contributed by atoms with Crippen LogP contribution in [0.2, 0.25) is 0 Å². The van der Waals surface area contributed by atoms with Crippen molar-refractivity contribution in [3.8, 4) is 0 Å². The highest BCUT2D eigenvalue weighted by Gasteiger charge is 2.61. The van der Waals surface area contributed by atoms with Gasteiger partial charge >= 0.3 is 0 Å². The maximum Gasteiger partial charge on any atom is 0.158 e. The highest BCUT2D eigenvalue weighted by molar-refractivity contribution is 5.79. The van der Waals surface area contributed by atoms with Crippen LogP contribution >= 0.6 is 0 Å². The molecule has 28 heavy (non-hydrogen) atoms. The van der Waals surface area contributed by atoms with E-state index >= 15 is 0 Å². The molecule has 0 radical (unpaired) electrons. The van der Waals surface area contributed by atoms with E-state index in [1.165, 1.54) is 38.5 Å². The lowest BCUT2D eigenvalue weighted by molar-refractivity contribution is -0.153. The van der Waals surface area contributed by atoms with E-state index in [0.717, 1.165) is 68.5 Å². The predicted octanol–water partition coefficient (Wildman–Crippen LogP) is 5.61.